The van der Waals surface area contributed by atoms with E-state index in [2.05, 4.69) is 17.7 Å². The van der Waals surface area contributed by atoms with Crippen molar-refractivity contribution in [1.82, 2.24) is 15.8 Å². The van der Waals surface area contributed by atoms with E-state index in [9.17, 15) is 9.59 Å². The fraction of sp³-hybridized carbons (Fsp3) is 0.545. The van der Waals surface area contributed by atoms with Gasteiger partial charge in [-0.1, -0.05) is 36.8 Å². The minimum absolute atomic E-state index is 0.0373. The maximum atomic E-state index is 12.3. The molecule has 3 rings (SSSR count). The van der Waals surface area contributed by atoms with Gasteiger partial charge in [0.05, 0.1) is 25.3 Å². The van der Waals surface area contributed by atoms with Crippen LogP contribution < -0.4 is 15.6 Å². The van der Waals surface area contributed by atoms with Crippen molar-refractivity contribution in [3.63, 3.8) is 0 Å². The Morgan fingerprint density at radius 2 is 2.11 bits per heavy atom. The average molecular weight is 386 g/mol. The first-order valence-electron chi connectivity index (χ1n) is 10.5. The molecule has 6 nitrogen and oxygen atoms in total. The zero-order valence-corrected chi connectivity index (χ0v) is 17.1. The van der Waals surface area contributed by atoms with E-state index in [-0.39, 0.29) is 18.4 Å². The van der Waals surface area contributed by atoms with Gasteiger partial charge in [-0.3, -0.25) is 15.0 Å². The minimum atomic E-state index is -0.118. The Morgan fingerprint density at radius 1 is 1.32 bits per heavy atom. The van der Waals surface area contributed by atoms with Crippen LogP contribution in [-0.2, 0) is 9.59 Å². The number of hydrazine groups is 1. The Hall–Kier alpha value is -2.34. The van der Waals surface area contributed by atoms with Crippen molar-refractivity contribution in [2.24, 2.45) is 5.92 Å². The molecule has 0 spiro atoms. The fourth-order valence-corrected chi connectivity index (χ4v) is 3.99. The molecule has 2 aliphatic heterocycles. The highest BCUT2D eigenvalue weighted by molar-refractivity contribution is 5.88. The summed E-state index contributed by atoms with van der Waals surface area (Å²) in [5.74, 6) is 0.607. The SMILES string of the molecule is Cc1ccc(C2=CCC(=O)N(CC(=O)NCCC[NH+]3CCCC(C)C3)N2)cc1. The van der Waals surface area contributed by atoms with Crippen LogP contribution in [0, 0.1) is 12.8 Å². The summed E-state index contributed by atoms with van der Waals surface area (Å²) >= 11 is 0. The standard InChI is InChI=1S/C22H32N4O2/c1-17-6-8-19(9-7-17)20-10-11-22(28)26(24-20)16-21(27)23-12-4-14-25-13-3-5-18(2)15-25/h6-10,18,24H,3-5,11-16H2,1-2H3,(H,23,27)/p+1. The summed E-state index contributed by atoms with van der Waals surface area (Å²) in [6, 6.07) is 8.12. The first-order chi connectivity index (χ1) is 13.5. The van der Waals surface area contributed by atoms with Crippen molar-refractivity contribution in [1.29, 1.82) is 0 Å². The van der Waals surface area contributed by atoms with Crippen LogP contribution in [-0.4, -0.2) is 49.5 Å². The number of piperidine rings is 1. The molecule has 2 unspecified atom stereocenters. The number of likely N-dealkylation sites (tertiary alicyclic amines) is 1. The first kappa shape index (κ1) is 20.4. The lowest BCUT2D eigenvalue weighted by atomic mass is 10.0. The van der Waals surface area contributed by atoms with E-state index in [1.165, 1.54) is 36.5 Å². The Morgan fingerprint density at radius 3 is 2.86 bits per heavy atom. The van der Waals surface area contributed by atoms with Crippen molar-refractivity contribution in [2.45, 2.75) is 39.5 Å². The van der Waals surface area contributed by atoms with E-state index in [1.807, 2.05) is 37.3 Å². The first-order valence-corrected chi connectivity index (χ1v) is 10.5. The Balaban J connectivity index is 1.41. The van der Waals surface area contributed by atoms with Gasteiger partial charge in [-0.05, 0) is 31.4 Å². The number of amides is 2. The van der Waals surface area contributed by atoms with Crippen molar-refractivity contribution in [3.8, 4) is 0 Å². The molecule has 6 heteroatoms. The molecule has 1 fully saturated rings. The number of benzene rings is 1. The number of hydrogen-bond donors (Lipinski definition) is 3. The lowest BCUT2D eigenvalue weighted by Crippen LogP contribution is -3.13. The summed E-state index contributed by atoms with van der Waals surface area (Å²) in [7, 11) is 0. The number of quaternary nitrogens is 1. The molecule has 2 aliphatic rings. The molecule has 0 saturated carbocycles. The van der Waals surface area contributed by atoms with Gasteiger partial charge < -0.3 is 10.2 Å². The zero-order valence-electron chi connectivity index (χ0n) is 17.1. The summed E-state index contributed by atoms with van der Waals surface area (Å²) in [6.07, 6.45) is 5.81. The van der Waals surface area contributed by atoms with Crippen molar-refractivity contribution in [2.75, 3.05) is 32.7 Å². The predicted molar refractivity (Wildman–Crippen MR) is 110 cm³/mol. The second-order valence-corrected chi connectivity index (χ2v) is 8.18. The Bertz CT molecular complexity index is 714. The monoisotopic (exact) mass is 385 g/mol. The van der Waals surface area contributed by atoms with Gasteiger partial charge in [-0.25, -0.2) is 5.01 Å². The van der Waals surface area contributed by atoms with Crippen molar-refractivity contribution in [3.05, 3.63) is 41.5 Å². The number of nitrogens with one attached hydrogen (secondary N) is 3. The van der Waals surface area contributed by atoms with E-state index >= 15 is 0 Å². The van der Waals surface area contributed by atoms with Gasteiger partial charge in [0, 0.05) is 25.3 Å². The fourth-order valence-electron chi connectivity index (χ4n) is 3.99. The highest BCUT2D eigenvalue weighted by Gasteiger charge is 2.22. The Labute approximate surface area is 167 Å². The van der Waals surface area contributed by atoms with E-state index in [0.29, 0.717) is 13.0 Å². The smallest absolute Gasteiger partial charge is 0.245 e. The third-order valence-electron chi connectivity index (χ3n) is 5.60. The molecule has 1 aromatic carbocycles. The highest BCUT2D eigenvalue weighted by atomic mass is 16.2. The normalized spacial score (nSPS) is 22.4. The summed E-state index contributed by atoms with van der Waals surface area (Å²) < 4.78 is 0. The van der Waals surface area contributed by atoms with E-state index < -0.39 is 0 Å². The van der Waals surface area contributed by atoms with E-state index in [4.69, 9.17) is 0 Å². The topological polar surface area (TPSA) is 65.9 Å². The molecule has 0 aromatic heterocycles. The van der Waals surface area contributed by atoms with Gasteiger partial charge in [-0.2, -0.15) is 0 Å². The minimum Gasteiger partial charge on any atom is -0.354 e. The second-order valence-electron chi connectivity index (χ2n) is 8.18. The molecule has 2 amide bonds. The molecule has 0 bridgehead atoms. The molecule has 152 valence electrons. The molecule has 0 aliphatic carbocycles. The number of nitrogens with zero attached hydrogens (tertiary/aromatic N) is 1. The van der Waals surface area contributed by atoms with Crippen LogP contribution in [0.1, 0.15) is 43.7 Å². The number of aryl methyl sites for hydroxylation is 1. The maximum Gasteiger partial charge on any atom is 0.245 e. The molecule has 1 aromatic rings. The predicted octanol–water partition coefficient (Wildman–Crippen LogP) is 0.894. The number of hydrogen-bond acceptors (Lipinski definition) is 3. The van der Waals surface area contributed by atoms with Gasteiger partial charge in [0.15, 0.2) is 0 Å². The van der Waals surface area contributed by atoms with Gasteiger partial charge >= 0.3 is 0 Å². The number of carbonyl (C=O) groups is 2. The van der Waals surface area contributed by atoms with Crippen LogP contribution in [0.3, 0.4) is 0 Å². The summed E-state index contributed by atoms with van der Waals surface area (Å²) in [4.78, 5) is 26.1. The Kier molecular flexibility index (Phi) is 7.09. The molecule has 2 heterocycles. The molecule has 3 N–H and O–H groups in total. The molecule has 1 saturated heterocycles. The van der Waals surface area contributed by atoms with Gasteiger partial charge in [0.1, 0.15) is 6.54 Å². The van der Waals surface area contributed by atoms with E-state index in [1.54, 1.807) is 4.90 Å². The zero-order chi connectivity index (χ0) is 19.9. The lowest BCUT2D eigenvalue weighted by molar-refractivity contribution is -0.908. The number of carbonyl (C=O) groups excluding carboxylic acids is 2. The van der Waals surface area contributed by atoms with Crippen molar-refractivity contribution < 1.29 is 14.5 Å². The quantitative estimate of drug-likeness (QED) is 0.611. The van der Waals surface area contributed by atoms with Crippen LogP contribution in [0.5, 0.6) is 0 Å². The van der Waals surface area contributed by atoms with Crippen molar-refractivity contribution >= 4 is 17.5 Å². The van der Waals surface area contributed by atoms with Crippen LogP contribution >= 0.6 is 0 Å². The van der Waals surface area contributed by atoms with Gasteiger partial charge in [0.2, 0.25) is 11.8 Å². The molecule has 0 radical (unpaired) electrons. The third kappa shape index (κ3) is 5.83. The van der Waals surface area contributed by atoms with Crippen LogP contribution in [0.4, 0.5) is 0 Å². The third-order valence-corrected chi connectivity index (χ3v) is 5.60. The lowest BCUT2D eigenvalue weighted by Gasteiger charge is -2.29. The maximum absolute atomic E-state index is 12.3. The summed E-state index contributed by atoms with van der Waals surface area (Å²) in [6.45, 7) is 8.66. The highest BCUT2D eigenvalue weighted by Crippen LogP contribution is 2.17. The van der Waals surface area contributed by atoms with Gasteiger partial charge in [0.25, 0.3) is 0 Å². The van der Waals surface area contributed by atoms with Crippen LogP contribution in [0.15, 0.2) is 30.3 Å². The van der Waals surface area contributed by atoms with Crippen LogP contribution in [0.2, 0.25) is 0 Å². The molecular formula is C22H33N4O2+. The van der Waals surface area contributed by atoms with Gasteiger partial charge in [-0.15, -0.1) is 0 Å². The number of rotatable bonds is 7. The largest absolute Gasteiger partial charge is 0.354 e. The summed E-state index contributed by atoms with van der Waals surface area (Å²) in [5, 5.41) is 4.38. The summed E-state index contributed by atoms with van der Waals surface area (Å²) in [5.41, 5.74) is 6.17. The molecule has 28 heavy (non-hydrogen) atoms. The van der Waals surface area contributed by atoms with Crippen LogP contribution in [0.25, 0.3) is 5.70 Å². The second kappa shape index (κ2) is 9.73. The molecular weight excluding hydrogens is 352 g/mol. The average Bonchev–Trinajstić information content (AvgIpc) is 2.68. The van der Waals surface area contributed by atoms with E-state index in [0.717, 1.165) is 30.1 Å². The molecule has 2 atom stereocenters.